The van der Waals surface area contributed by atoms with Gasteiger partial charge in [-0.05, 0) is 18.8 Å². The van der Waals surface area contributed by atoms with Crippen LogP contribution in [0, 0.1) is 5.92 Å². The molecule has 0 aliphatic heterocycles. The van der Waals surface area contributed by atoms with Gasteiger partial charge < -0.3 is 14.9 Å². The number of hydrogen-bond acceptors (Lipinski definition) is 4. The van der Waals surface area contributed by atoms with Crippen molar-refractivity contribution in [3.63, 3.8) is 0 Å². The van der Waals surface area contributed by atoms with Crippen LogP contribution in [-0.4, -0.2) is 28.8 Å². The molecule has 1 saturated carbocycles. The number of aliphatic hydroxyl groups is 1. The summed E-state index contributed by atoms with van der Waals surface area (Å²) in [6.07, 6.45) is 3.91. The number of hydrogen-bond donors (Lipinski definition) is 2. The quantitative estimate of drug-likeness (QED) is 0.807. The van der Waals surface area contributed by atoms with Gasteiger partial charge in [-0.1, -0.05) is 25.4 Å². The first-order valence-corrected chi connectivity index (χ1v) is 6.54. The fraction of sp³-hybridized carbons (Fsp3) is 0.692. The number of carbonyl (C=O) groups is 1. The van der Waals surface area contributed by atoms with Gasteiger partial charge in [0.25, 0.3) is 5.91 Å². The normalized spacial score (nSPS) is 18.4. The maximum atomic E-state index is 12.0. The van der Waals surface area contributed by atoms with Gasteiger partial charge in [0.05, 0.1) is 11.8 Å². The highest BCUT2D eigenvalue weighted by molar-refractivity contribution is 5.95. The van der Waals surface area contributed by atoms with E-state index in [1.165, 1.54) is 6.26 Å². The van der Waals surface area contributed by atoms with Crippen LogP contribution in [0.5, 0.6) is 0 Å². The fourth-order valence-electron chi connectivity index (χ4n) is 1.83. The number of rotatable bonds is 6. The first kappa shape index (κ1) is 13.1. The molecule has 5 heteroatoms. The smallest absolute Gasteiger partial charge is 0.256 e. The number of aliphatic hydroxyl groups excluding tert-OH is 1. The van der Waals surface area contributed by atoms with Gasteiger partial charge in [-0.25, -0.2) is 0 Å². The van der Waals surface area contributed by atoms with Crippen molar-refractivity contribution in [1.29, 1.82) is 0 Å². The van der Waals surface area contributed by atoms with Gasteiger partial charge in [-0.15, -0.1) is 0 Å². The summed E-state index contributed by atoms with van der Waals surface area (Å²) in [5.74, 6) is 0.347. The molecule has 2 N–H and O–H groups in total. The SMILES string of the molecule is CC[C@@H](C)[C@H](O)CNC(=O)c1conc1C1CC1. The molecular formula is C13H20N2O3. The van der Waals surface area contributed by atoms with Crippen molar-refractivity contribution in [2.45, 2.75) is 45.1 Å². The van der Waals surface area contributed by atoms with Gasteiger partial charge in [0.1, 0.15) is 11.8 Å². The number of nitrogens with zero attached hydrogens (tertiary/aromatic N) is 1. The maximum Gasteiger partial charge on any atom is 0.256 e. The molecule has 1 aliphatic carbocycles. The molecule has 1 aliphatic rings. The van der Waals surface area contributed by atoms with E-state index in [1.807, 2.05) is 13.8 Å². The zero-order valence-corrected chi connectivity index (χ0v) is 10.8. The number of carbonyl (C=O) groups excluding carboxylic acids is 1. The molecule has 5 nitrogen and oxygen atoms in total. The molecule has 1 heterocycles. The second kappa shape index (κ2) is 5.52. The summed E-state index contributed by atoms with van der Waals surface area (Å²) in [4.78, 5) is 12.0. The Morgan fingerprint density at radius 2 is 2.39 bits per heavy atom. The summed E-state index contributed by atoms with van der Waals surface area (Å²) >= 11 is 0. The van der Waals surface area contributed by atoms with Crippen LogP contribution in [0.2, 0.25) is 0 Å². The molecule has 1 fully saturated rings. The van der Waals surface area contributed by atoms with E-state index in [4.69, 9.17) is 4.52 Å². The van der Waals surface area contributed by atoms with Gasteiger partial charge >= 0.3 is 0 Å². The summed E-state index contributed by atoms with van der Waals surface area (Å²) in [5.41, 5.74) is 1.26. The van der Waals surface area contributed by atoms with Crippen LogP contribution in [-0.2, 0) is 0 Å². The third kappa shape index (κ3) is 2.90. The second-order valence-corrected chi connectivity index (χ2v) is 5.05. The summed E-state index contributed by atoms with van der Waals surface area (Å²) in [6.45, 7) is 4.25. The Morgan fingerprint density at radius 3 is 3.00 bits per heavy atom. The molecule has 0 radical (unpaired) electrons. The van der Waals surface area contributed by atoms with Crippen molar-refractivity contribution < 1.29 is 14.4 Å². The molecule has 0 saturated heterocycles. The van der Waals surface area contributed by atoms with Gasteiger partial charge in [-0.3, -0.25) is 4.79 Å². The number of nitrogens with one attached hydrogen (secondary N) is 1. The molecule has 1 aromatic heterocycles. The highest BCUT2D eigenvalue weighted by Gasteiger charge is 2.31. The Kier molecular flexibility index (Phi) is 4.01. The van der Waals surface area contributed by atoms with Crippen molar-refractivity contribution in [3.8, 4) is 0 Å². The summed E-state index contributed by atoms with van der Waals surface area (Å²) < 4.78 is 4.87. The minimum atomic E-state index is -0.511. The third-order valence-corrected chi connectivity index (χ3v) is 3.58. The molecular weight excluding hydrogens is 232 g/mol. The predicted octanol–water partition coefficient (Wildman–Crippen LogP) is 1.69. The van der Waals surface area contributed by atoms with Crippen LogP contribution in [0.15, 0.2) is 10.8 Å². The average molecular weight is 252 g/mol. The summed E-state index contributed by atoms with van der Waals surface area (Å²) in [5, 5.41) is 16.4. The third-order valence-electron chi connectivity index (χ3n) is 3.58. The molecule has 2 atom stereocenters. The zero-order valence-electron chi connectivity index (χ0n) is 10.8. The van der Waals surface area contributed by atoms with Crippen LogP contribution in [0.4, 0.5) is 0 Å². The summed E-state index contributed by atoms with van der Waals surface area (Å²) in [6, 6.07) is 0. The zero-order chi connectivity index (χ0) is 13.1. The van der Waals surface area contributed by atoms with Crippen molar-refractivity contribution in [3.05, 3.63) is 17.5 Å². The minimum Gasteiger partial charge on any atom is -0.391 e. The van der Waals surface area contributed by atoms with E-state index < -0.39 is 6.10 Å². The highest BCUT2D eigenvalue weighted by Crippen LogP contribution is 2.40. The van der Waals surface area contributed by atoms with Gasteiger partial charge in [-0.2, -0.15) is 0 Å². The molecule has 1 aromatic rings. The molecule has 0 spiro atoms. The molecule has 0 aromatic carbocycles. The van der Waals surface area contributed by atoms with Crippen molar-refractivity contribution in [1.82, 2.24) is 10.5 Å². The number of aromatic nitrogens is 1. The van der Waals surface area contributed by atoms with E-state index in [9.17, 15) is 9.90 Å². The maximum absolute atomic E-state index is 12.0. The van der Waals surface area contributed by atoms with Crippen LogP contribution in [0.3, 0.4) is 0 Å². The topological polar surface area (TPSA) is 75.4 Å². The first-order chi connectivity index (χ1) is 8.63. The lowest BCUT2D eigenvalue weighted by atomic mass is 10.0. The Bertz CT molecular complexity index is 412. The minimum absolute atomic E-state index is 0.177. The molecule has 2 rings (SSSR count). The molecule has 100 valence electrons. The lowest BCUT2D eigenvalue weighted by molar-refractivity contribution is 0.0849. The van der Waals surface area contributed by atoms with E-state index in [1.54, 1.807) is 0 Å². The van der Waals surface area contributed by atoms with E-state index in [2.05, 4.69) is 10.5 Å². The lowest BCUT2D eigenvalue weighted by Crippen LogP contribution is -2.35. The fourth-order valence-corrected chi connectivity index (χ4v) is 1.83. The van der Waals surface area contributed by atoms with Crippen LogP contribution >= 0.6 is 0 Å². The second-order valence-electron chi connectivity index (χ2n) is 5.05. The largest absolute Gasteiger partial charge is 0.391 e. The van der Waals surface area contributed by atoms with Gasteiger partial charge in [0.2, 0.25) is 0 Å². The van der Waals surface area contributed by atoms with Crippen LogP contribution in [0.25, 0.3) is 0 Å². The van der Waals surface area contributed by atoms with Crippen LogP contribution in [0.1, 0.15) is 55.1 Å². The van der Waals surface area contributed by atoms with Crippen LogP contribution < -0.4 is 5.32 Å². The molecule has 0 bridgehead atoms. The van der Waals surface area contributed by atoms with E-state index in [0.29, 0.717) is 11.5 Å². The van der Waals surface area contributed by atoms with Gasteiger partial charge in [0.15, 0.2) is 0 Å². The van der Waals surface area contributed by atoms with E-state index in [0.717, 1.165) is 25.0 Å². The Hall–Kier alpha value is -1.36. The predicted molar refractivity (Wildman–Crippen MR) is 66.3 cm³/mol. The molecule has 0 unspecified atom stereocenters. The van der Waals surface area contributed by atoms with Crippen molar-refractivity contribution >= 4 is 5.91 Å². The monoisotopic (exact) mass is 252 g/mol. The first-order valence-electron chi connectivity index (χ1n) is 6.54. The van der Waals surface area contributed by atoms with Crippen molar-refractivity contribution in [2.75, 3.05) is 6.54 Å². The van der Waals surface area contributed by atoms with E-state index >= 15 is 0 Å². The van der Waals surface area contributed by atoms with Crippen molar-refractivity contribution in [2.24, 2.45) is 5.92 Å². The van der Waals surface area contributed by atoms with Gasteiger partial charge in [0, 0.05) is 12.5 Å². The Morgan fingerprint density at radius 1 is 1.67 bits per heavy atom. The number of amides is 1. The standard InChI is InChI=1S/C13H20N2O3/c1-3-8(2)11(16)6-14-13(17)10-7-18-15-12(10)9-4-5-9/h7-9,11,16H,3-6H2,1-2H3,(H,14,17)/t8-,11-/m1/s1. The summed E-state index contributed by atoms with van der Waals surface area (Å²) in [7, 11) is 0. The Balaban J connectivity index is 1.89. The lowest BCUT2D eigenvalue weighted by Gasteiger charge is -2.17. The van der Waals surface area contributed by atoms with E-state index in [-0.39, 0.29) is 18.4 Å². The molecule has 1 amide bonds. The highest BCUT2D eigenvalue weighted by atomic mass is 16.5. The average Bonchev–Trinajstić information content (AvgIpc) is 3.11. The molecule has 18 heavy (non-hydrogen) atoms. The Labute approximate surface area is 107 Å².